The molecule has 0 aliphatic heterocycles. The van der Waals surface area contributed by atoms with Crippen molar-refractivity contribution in [2.24, 2.45) is 0 Å². The number of hydrogen-bond donors (Lipinski definition) is 1. The zero-order valence-electron chi connectivity index (χ0n) is 7.33. The predicted molar refractivity (Wildman–Crippen MR) is 55.4 cm³/mol. The summed E-state index contributed by atoms with van der Waals surface area (Å²) in [5.74, 6) is 0. The van der Waals surface area contributed by atoms with Crippen molar-refractivity contribution in [3.05, 3.63) is 66.5 Å². The Morgan fingerprint density at radius 1 is 1.00 bits per heavy atom. The number of H-pyrrole nitrogens is 1. The Labute approximate surface area is 77.7 Å². The van der Waals surface area contributed by atoms with Crippen molar-refractivity contribution in [1.82, 2.24) is 4.98 Å². The molecule has 1 aromatic heterocycles. The van der Waals surface area contributed by atoms with Crippen LogP contribution in [0.2, 0.25) is 0 Å². The number of hydrogen-bond acceptors (Lipinski definition) is 0. The molecule has 2 aromatic rings. The van der Waals surface area contributed by atoms with Crippen molar-refractivity contribution in [3.8, 4) is 0 Å². The van der Waals surface area contributed by atoms with Gasteiger partial charge in [-0.2, -0.15) is 0 Å². The van der Waals surface area contributed by atoms with Gasteiger partial charge in [0.05, 0.1) is 0 Å². The molecule has 13 heavy (non-hydrogen) atoms. The van der Waals surface area contributed by atoms with Crippen LogP contribution in [0.3, 0.4) is 0 Å². The van der Waals surface area contributed by atoms with Crippen molar-refractivity contribution < 1.29 is 0 Å². The zero-order valence-corrected chi connectivity index (χ0v) is 7.33. The highest BCUT2D eigenvalue weighted by Crippen LogP contribution is 2.19. The third kappa shape index (κ3) is 1.54. The Morgan fingerprint density at radius 3 is 2.38 bits per heavy atom. The quantitative estimate of drug-likeness (QED) is 0.711. The molecule has 0 fully saturated rings. The first-order chi connectivity index (χ1) is 6.38. The first-order valence-corrected chi connectivity index (χ1v) is 4.25. The monoisotopic (exact) mass is 169 g/mol. The Kier molecular flexibility index (Phi) is 2.01. The maximum absolute atomic E-state index is 4.05. The number of nitrogens with one attached hydrogen (secondary N) is 1. The molecule has 1 aromatic carbocycles. The van der Waals surface area contributed by atoms with E-state index in [0.29, 0.717) is 0 Å². The summed E-state index contributed by atoms with van der Waals surface area (Å²) in [4.78, 5) is 3.02. The van der Waals surface area contributed by atoms with E-state index in [-0.39, 0.29) is 0 Å². The Morgan fingerprint density at radius 2 is 1.77 bits per heavy atom. The largest absolute Gasteiger partial charge is 0.367 e. The van der Waals surface area contributed by atoms with E-state index in [1.165, 1.54) is 5.56 Å². The lowest BCUT2D eigenvalue weighted by atomic mass is 10.0. The van der Waals surface area contributed by atoms with Gasteiger partial charge in [-0.25, -0.2) is 0 Å². The number of rotatable bonds is 2. The fraction of sp³-hybridized carbons (Fsp3) is 0. The molecule has 0 amide bonds. The summed E-state index contributed by atoms with van der Waals surface area (Å²) in [5, 5.41) is 0. The van der Waals surface area contributed by atoms with Crippen LogP contribution < -0.4 is 0 Å². The van der Waals surface area contributed by atoms with Gasteiger partial charge < -0.3 is 4.98 Å². The first kappa shape index (κ1) is 7.87. The van der Waals surface area contributed by atoms with Gasteiger partial charge >= 0.3 is 0 Å². The molecule has 64 valence electrons. The third-order valence-corrected chi connectivity index (χ3v) is 2.07. The lowest BCUT2D eigenvalue weighted by Gasteiger charge is -2.01. The van der Waals surface area contributed by atoms with Crippen molar-refractivity contribution in [3.63, 3.8) is 0 Å². The first-order valence-electron chi connectivity index (χ1n) is 4.25. The summed E-state index contributed by atoms with van der Waals surface area (Å²) in [6.45, 7) is 4.05. The molecule has 1 heteroatoms. The summed E-state index contributed by atoms with van der Waals surface area (Å²) in [7, 11) is 0. The lowest BCUT2D eigenvalue weighted by molar-refractivity contribution is 1.41. The minimum absolute atomic E-state index is 1.06. The molecule has 1 nitrogen and oxygen atoms in total. The second kappa shape index (κ2) is 3.31. The van der Waals surface area contributed by atoms with Gasteiger partial charge in [0.2, 0.25) is 0 Å². The molecule has 0 atom stereocenters. The Balaban J connectivity index is 2.34. The van der Waals surface area contributed by atoms with Crippen LogP contribution in [0, 0.1) is 0 Å². The molecule has 1 N–H and O–H groups in total. The Hall–Kier alpha value is -1.76. The van der Waals surface area contributed by atoms with Crippen molar-refractivity contribution in [2.45, 2.75) is 0 Å². The van der Waals surface area contributed by atoms with Gasteiger partial charge in [-0.15, -0.1) is 0 Å². The van der Waals surface area contributed by atoms with Crippen molar-refractivity contribution in [1.29, 1.82) is 0 Å². The minimum Gasteiger partial charge on any atom is -0.367 e. The van der Waals surface area contributed by atoms with Crippen LogP contribution in [0.25, 0.3) is 5.57 Å². The highest BCUT2D eigenvalue weighted by atomic mass is 14.6. The molecule has 1 heterocycles. The maximum atomic E-state index is 4.05. The average Bonchev–Trinajstić information content (AvgIpc) is 2.71. The van der Waals surface area contributed by atoms with Crippen LogP contribution in [0.5, 0.6) is 0 Å². The highest BCUT2D eigenvalue weighted by molar-refractivity contribution is 5.77. The minimum atomic E-state index is 1.06. The summed E-state index contributed by atoms with van der Waals surface area (Å²) in [6.07, 6.45) is 3.86. The van der Waals surface area contributed by atoms with E-state index < -0.39 is 0 Å². The fourth-order valence-corrected chi connectivity index (χ4v) is 1.32. The molecule has 2 rings (SSSR count). The van der Waals surface area contributed by atoms with E-state index in [4.69, 9.17) is 0 Å². The van der Waals surface area contributed by atoms with E-state index >= 15 is 0 Å². The molecule has 0 radical (unpaired) electrons. The van der Waals surface area contributed by atoms with Gasteiger partial charge in [0.25, 0.3) is 0 Å². The molecule has 0 aliphatic rings. The third-order valence-electron chi connectivity index (χ3n) is 2.07. The molecule has 0 saturated carbocycles. The molecule has 0 spiro atoms. The van der Waals surface area contributed by atoms with Gasteiger partial charge in [-0.05, 0) is 22.8 Å². The van der Waals surface area contributed by atoms with Gasteiger partial charge in [0, 0.05) is 12.4 Å². The number of aromatic nitrogens is 1. The van der Waals surface area contributed by atoms with Gasteiger partial charge in [-0.3, -0.25) is 0 Å². The average molecular weight is 169 g/mol. The summed E-state index contributed by atoms with van der Waals surface area (Å²) < 4.78 is 0. The lowest BCUT2D eigenvalue weighted by Crippen LogP contribution is -1.81. The molecule has 0 unspecified atom stereocenters. The van der Waals surface area contributed by atoms with Gasteiger partial charge in [-0.1, -0.05) is 36.9 Å². The van der Waals surface area contributed by atoms with E-state index in [1.807, 2.05) is 36.7 Å². The molecule has 0 bridgehead atoms. The van der Waals surface area contributed by atoms with Crippen molar-refractivity contribution in [2.75, 3.05) is 0 Å². The van der Waals surface area contributed by atoms with Crippen LogP contribution in [-0.2, 0) is 0 Å². The zero-order chi connectivity index (χ0) is 9.10. The molecular weight excluding hydrogens is 158 g/mol. The standard InChI is InChI=1S/C12H11N/c1-10(12-7-8-13-9-12)11-5-3-2-4-6-11/h2-9,13H,1H2. The second-order valence-electron chi connectivity index (χ2n) is 2.94. The summed E-state index contributed by atoms with van der Waals surface area (Å²) in [5.41, 5.74) is 3.37. The van der Waals surface area contributed by atoms with Crippen LogP contribution in [0.1, 0.15) is 11.1 Å². The maximum Gasteiger partial charge on any atom is 0.00841 e. The molecule has 0 saturated heterocycles. The van der Waals surface area contributed by atoms with Gasteiger partial charge in [0.15, 0.2) is 0 Å². The highest BCUT2D eigenvalue weighted by Gasteiger charge is 2.00. The van der Waals surface area contributed by atoms with Gasteiger partial charge in [0.1, 0.15) is 0 Å². The van der Waals surface area contributed by atoms with Crippen LogP contribution in [0.15, 0.2) is 55.4 Å². The van der Waals surface area contributed by atoms with Crippen LogP contribution in [0.4, 0.5) is 0 Å². The van der Waals surface area contributed by atoms with E-state index in [9.17, 15) is 0 Å². The SMILES string of the molecule is C=C(c1ccccc1)c1cc[nH]c1. The topological polar surface area (TPSA) is 15.8 Å². The predicted octanol–water partition coefficient (Wildman–Crippen LogP) is 3.08. The fourth-order valence-electron chi connectivity index (χ4n) is 1.32. The van der Waals surface area contributed by atoms with Crippen LogP contribution in [-0.4, -0.2) is 4.98 Å². The van der Waals surface area contributed by atoms with E-state index in [0.717, 1.165) is 11.1 Å². The van der Waals surface area contributed by atoms with E-state index in [2.05, 4.69) is 23.7 Å². The normalized spacial score (nSPS) is 9.85. The Bertz CT molecular complexity index is 384. The van der Waals surface area contributed by atoms with Crippen molar-refractivity contribution >= 4 is 5.57 Å². The smallest absolute Gasteiger partial charge is 0.00841 e. The summed E-state index contributed by atoms with van der Waals surface area (Å²) in [6, 6.07) is 12.2. The summed E-state index contributed by atoms with van der Waals surface area (Å²) >= 11 is 0. The van der Waals surface area contributed by atoms with Crippen LogP contribution >= 0.6 is 0 Å². The molecule has 0 aliphatic carbocycles. The number of aromatic amines is 1. The number of benzene rings is 1. The second-order valence-corrected chi connectivity index (χ2v) is 2.94. The van der Waals surface area contributed by atoms with E-state index in [1.54, 1.807) is 0 Å². The molecular formula is C12H11N.